The lowest BCUT2D eigenvalue weighted by Gasteiger charge is -2.28. The Kier molecular flexibility index (Phi) is 3.21. The molecule has 1 aromatic carbocycles. The van der Waals surface area contributed by atoms with Crippen LogP contribution in [-0.4, -0.2) is 40.7 Å². The van der Waals surface area contributed by atoms with Crippen LogP contribution >= 0.6 is 0 Å². The highest BCUT2D eigenvalue weighted by Crippen LogP contribution is 2.18. The highest BCUT2D eigenvalue weighted by molar-refractivity contribution is 6.09. The van der Waals surface area contributed by atoms with Crippen molar-refractivity contribution in [3.05, 3.63) is 36.0 Å². The molecule has 1 aromatic heterocycles. The summed E-state index contributed by atoms with van der Waals surface area (Å²) in [5.74, 6) is -0.884. The Hall–Kier alpha value is -2.63. The normalized spacial score (nSPS) is 19.1. The maximum absolute atomic E-state index is 12.3. The van der Waals surface area contributed by atoms with Crippen LogP contribution < -0.4 is 5.32 Å². The average Bonchev–Trinajstić information content (AvgIpc) is 2.92. The number of imide groups is 1. The second-order valence-corrected chi connectivity index (χ2v) is 5.10. The number of likely N-dealkylation sites (tertiary alicyclic amines) is 1. The molecule has 1 unspecified atom stereocenters. The molecule has 0 bridgehead atoms. The van der Waals surface area contributed by atoms with E-state index in [2.05, 4.69) is 10.3 Å². The fourth-order valence-corrected chi connectivity index (χ4v) is 2.54. The zero-order chi connectivity index (χ0) is 15.0. The number of fused-ring (bicyclic) bond motifs is 1. The van der Waals surface area contributed by atoms with Gasteiger partial charge in [-0.3, -0.25) is 19.3 Å². The van der Waals surface area contributed by atoms with Crippen LogP contribution in [0.5, 0.6) is 0 Å². The molecule has 0 saturated carbocycles. The molecule has 1 atom stereocenters. The summed E-state index contributed by atoms with van der Waals surface area (Å²) < 4.78 is 0. The van der Waals surface area contributed by atoms with Gasteiger partial charge in [0.05, 0.1) is 5.56 Å². The summed E-state index contributed by atoms with van der Waals surface area (Å²) in [5, 5.41) is 3.52. The monoisotopic (exact) mass is 285 g/mol. The van der Waals surface area contributed by atoms with Gasteiger partial charge in [0, 0.05) is 30.6 Å². The van der Waals surface area contributed by atoms with Crippen LogP contribution in [0.15, 0.2) is 30.5 Å². The largest absolute Gasteiger partial charge is 0.360 e. The summed E-state index contributed by atoms with van der Waals surface area (Å²) in [7, 11) is 1.44. The fourth-order valence-electron chi connectivity index (χ4n) is 2.54. The number of carbonyl (C=O) groups is 3. The van der Waals surface area contributed by atoms with Crippen molar-refractivity contribution in [1.82, 2.24) is 15.2 Å². The first-order chi connectivity index (χ1) is 10.1. The molecule has 0 spiro atoms. The first kappa shape index (κ1) is 13.4. The van der Waals surface area contributed by atoms with Crippen LogP contribution in [-0.2, 0) is 9.59 Å². The zero-order valence-corrected chi connectivity index (χ0v) is 11.6. The van der Waals surface area contributed by atoms with Crippen LogP contribution in [0.3, 0.4) is 0 Å². The molecular weight excluding hydrogens is 270 g/mol. The quantitative estimate of drug-likeness (QED) is 0.809. The molecule has 2 heterocycles. The number of nitrogens with zero attached hydrogens (tertiary/aromatic N) is 1. The minimum Gasteiger partial charge on any atom is -0.360 e. The number of likely N-dealkylation sites (N-methyl/N-ethyl adjacent to an activating group) is 1. The number of nitrogens with one attached hydrogen (secondary N) is 2. The van der Waals surface area contributed by atoms with Gasteiger partial charge in [0.15, 0.2) is 0 Å². The summed E-state index contributed by atoms with van der Waals surface area (Å²) in [6, 6.07) is 6.81. The minimum atomic E-state index is -0.645. The van der Waals surface area contributed by atoms with E-state index in [0.717, 1.165) is 15.8 Å². The lowest BCUT2D eigenvalue weighted by atomic mass is 10.0. The van der Waals surface area contributed by atoms with E-state index in [-0.39, 0.29) is 24.1 Å². The number of para-hydroxylation sites is 1. The van der Waals surface area contributed by atoms with E-state index < -0.39 is 6.04 Å². The van der Waals surface area contributed by atoms with Crippen molar-refractivity contribution in [2.45, 2.75) is 18.9 Å². The Morgan fingerprint density at radius 3 is 2.90 bits per heavy atom. The number of hydrogen-bond donors (Lipinski definition) is 2. The lowest BCUT2D eigenvalue weighted by molar-refractivity contribution is -0.147. The molecule has 1 aliphatic heterocycles. The van der Waals surface area contributed by atoms with Crippen molar-refractivity contribution in [2.75, 3.05) is 7.05 Å². The Balaban J connectivity index is 1.80. The molecule has 1 aliphatic rings. The van der Waals surface area contributed by atoms with Crippen LogP contribution in [0.4, 0.5) is 0 Å². The van der Waals surface area contributed by atoms with Gasteiger partial charge in [-0.1, -0.05) is 18.2 Å². The number of hydrogen-bond acceptors (Lipinski definition) is 3. The molecule has 108 valence electrons. The number of aromatic amines is 1. The maximum atomic E-state index is 12.3. The third-order valence-corrected chi connectivity index (χ3v) is 3.79. The van der Waals surface area contributed by atoms with E-state index in [0.29, 0.717) is 12.0 Å². The smallest absolute Gasteiger partial charge is 0.254 e. The predicted molar refractivity (Wildman–Crippen MR) is 76.6 cm³/mol. The number of amides is 3. The van der Waals surface area contributed by atoms with Gasteiger partial charge in [0.1, 0.15) is 6.04 Å². The van der Waals surface area contributed by atoms with Crippen LogP contribution in [0, 0.1) is 0 Å². The van der Waals surface area contributed by atoms with E-state index in [1.165, 1.54) is 7.05 Å². The first-order valence-electron chi connectivity index (χ1n) is 6.75. The number of H-pyrrole nitrogens is 1. The first-order valence-corrected chi connectivity index (χ1v) is 6.75. The van der Waals surface area contributed by atoms with Crippen molar-refractivity contribution in [2.24, 2.45) is 0 Å². The molecule has 21 heavy (non-hydrogen) atoms. The van der Waals surface area contributed by atoms with Gasteiger partial charge in [0.2, 0.25) is 5.91 Å². The van der Waals surface area contributed by atoms with Gasteiger partial charge in [-0.15, -0.1) is 0 Å². The number of piperidine rings is 1. The molecule has 0 aliphatic carbocycles. The van der Waals surface area contributed by atoms with E-state index in [1.807, 2.05) is 24.3 Å². The molecule has 3 rings (SSSR count). The molecule has 1 saturated heterocycles. The molecular formula is C15H15N3O3. The topological polar surface area (TPSA) is 82.3 Å². The van der Waals surface area contributed by atoms with Crippen LogP contribution in [0.25, 0.3) is 10.9 Å². The van der Waals surface area contributed by atoms with E-state index >= 15 is 0 Å². The Morgan fingerprint density at radius 2 is 2.10 bits per heavy atom. The molecule has 3 amide bonds. The summed E-state index contributed by atoms with van der Waals surface area (Å²) in [5.41, 5.74) is 1.36. The second kappa shape index (κ2) is 5.05. The average molecular weight is 285 g/mol. The van der Waals surface area contributed by atoms with Crippen LogP contribution in [0.1, 0.15) is 23.2 Å². The van der Waals surface area contributed by atoms with E-state index in [9.17, 15) is 14.4 Å². The van der Waals surface area contributed by atoms with Crippen LogP contribution in [0.2, 0.25) is 0 Å². The summed E-state index contributed by atoms with van der Waals surface area (Å²) >= 11 is 0. The predicted octanol–water partition coefficient (Wildman–Crippen LogP) is 1.05. The molecule has 2 N–H and O–H groups in total. The Labute approximate surface area is 121 Å². The zero-order valence-electron chi connectivity index (χ0n) is 11.6. The van der Waals surface area contributed by atoms with Crippen molar-refractivity contribution < 1.29 is 14.4 Å². The Morgan fingerprint density at radius 1 is 1.33 bits per heavy atom. The third kappa shape index (κ3) is 2.29. The highest BCUT2D eigenvalue weighted by atomic mass is 16.2. The van der Waals surface area contributed by atoms with Gasteiger partial charge < -0.3 is 10.3 Å². The molecule has 1 fully saturated rings. The number of aromatic nitrogens is 1. The lowest BCUT2D eigenvalue weighted by Crippen LogP contribution is -2.52. The van der Waals surface area contributed by atoms with Gasteiger partial charge in [0.25, 0.3) is 11.8 Å². The van der Waals surface area contributed by atoms with Gasteiger partial charge in [-0.05, 0) is 12.5 Å². The maximum Gasteiger partial charge on any atom is 0.254 e. The van der Waals surface area contributed by atoms with Crippen molar-refractivity contribution in [1.29, 1.82) is 0 Å². The molecule has 6 nitrogen and oxygen atoms in total. The SMILES string of the molecule is CN1C(=O)CCC(NC(=O)c2c[nH]c3ccccc23)C1=O. The summed E-state index contributed by atoms with van der Waals surface area (Å²) in [4.78, 5) is 39.8. The number of rotatable bonds is 2. The number of carbonyl (C=O) groups excluding carboxylic acids is 3. The summed E-state index contributed by atoms with van der Waals surface area (Å²) in [6.07, 6.45) is 2.24. The van der Waals surface area contributed by atoms with Gasteiger partial charge in [-0.25, -0.2) is 0 Å². The molecule has 6 heteroatoms. The standard InChI is InChI=1S/C15H15N3O3/c1-18-13(19)7-6-12(15(18)21)17-14(20)10-8-16-11-5-3-2-4-9(10)11/h2-5,8,12,16H,6-7H2,1H3,(H,17,20). The minimum absolute atomic E-state index is 0.211. The van der Waals surface area contributed by atoms with Crippen molar-refractivity contribution in [3.63, 3.8) is 0 Å². The van der Waals surface area contributed by atoms with Crippen molar-refractivity contribution in [3.8, 4) is 0 Å². The second-order valence-electron chi connectivity index (χ2n) is 5.10. The van der Waals surface area contributed by atoms with E-state index in [1.54, 1.807) is 6.20 Å². The van der Waals surface area contributed by atoms with E-state index in [4.69, 9.17) is 0 Å². The Bertz CT molecular complexity index is 735. The van der Waals surface area contributed by atoms with Gasteiger partial charge >= 0.3 is 0 Å². The molecule has 0 radical (unpaired) electrons. The number of benzene rings is 1. The van der Waals surface area contributed by atoms with Crippen molar-refractivity contribution >= 4 is 28.6 Å². The summed E-state index contributed by atoms with van der Waals surface area (Å²) in [6.45, 7) is 0. The third-order valence-electron chi connectivity index (χ3n) is 3.79. The molecule has 2 aromatic rings. The highest BCUT2D eigenvalue weighted by Gasteiger charge is 2.33. The fraction of sp³-hybridized carbons (Fsp3) is 0.267. The van der Waals surface area contributed by atoms with Gasteiger partial charge in [-0.2, -0.15) is 0 Å².